The van der Waals surface area contributed by atoms with Gasteiger partial charge in [0.2, 0.25) is 0 Å². The van der Waals surface area contributed by atoms with E-state index in [2.05, 4.69) is 50.1 Å². The summed E-state index contributed by atoms with van der Waals surface area (Å²) in [6, 6.07) is 8.97. The van der Waals surface area contributed by atoms with E-state index in [1.807, 2.05) is 0 Å². The molecule has 0 radical (unpaired) electrons. The molecule has 0 amide bonds. The van der Waals surface area contributed by atoms with Crippen molar-refractivity contribution in [1.82, 2.24) is 0 Å². The quantitative estimate of drug-likeness (QED) is 0.746. The Kier molecular flexibility index (Phi) is 4.31. The molecule has 1 atom stereocenters. The van der Waals surface area contributed by atoms with E-state index in [9.17, 15) is 0 Å². The van der Waals surface area contributed by atoms with Gasteiger partial charge in [0.25, 0.3) is 0 Å². The molecular weight excluding hydrogens is 218 g/mol. The monoisotopic (exact) mass is 245 g/mol. The van der Waals surface area contributed by atoms with E-state index in [4.69, 9.17) is 0 Å². The van der Waals surface area contributed by atoms with E-state index in [-0.39, 0.29) is 0 Å². The second-order valence-electron chi connectivity index (χ2n) is 5.93. The number of fused-ring (bicyclic) bond motifs is 1. The van der Waals surface area contributed by atoms with Gasteiger partial charge in [-0.25, -0.2) is 0 Å². The maximum Gasteiger partial charge on any atom is 0.0396 e. The molecule has 1 aliphatic heterocycles. The molecule has 0 saturated carbocycles. The van der Waals surface area contributed by atoms with Crippen molar-refractivity contribution in [2.45, 2.75) is 52.4 Å². The lowest BCUT2D eigenvalue weighted by atomic mass is 9.73. The smallest absolute Gasteiger partial charge is 0.0396 e. The Labute approximate surface area is 112 Å². The van der Waals surface area contributed by atoms with Crippen LogP contribution in [0.2, 0.25) is 0 Å². The van der Waals surface area contributed by atoms with Gasteiger partial charge in [-0.15, -0.1) is 0 Å². The molecule has 1 aromatic rings. The van der Waals surface area contributed by atoms with Crippen LogP contribution < -0.4 is 4.90 Å². The lowest BCUT2D eigenvalue weighted by Crippen LogP contribution is -2.26. The first-order chi connectivity index (χ1) is 8.71. The summed E-state index contributed by atoms with van der Waals surface area (Å²) in [4.78, 5) is 2.44. The lowest BCUT2D eigenvalue weighted by molar-refractivity contribution is 0.227. The molecule has 0 fully saturated rings. The summed E-state index contributed by atoms with van der Waals surface area (Å²) in [5, 5.41) is 0. The summed E-state index contributed by atoms with van der Waals surface area (Å²) >= 11 is 0. The van der Waals surface area contributed by atoms with Gasteiger partial charge in [-0.1, -0.05) is 51.3 Å². The minimum Gasteiger partial charge on any atom is -0.374 e. The van der Waals surface area contributed by atoms with Crippen LogP contribution in [0.15, 0.2) is 24.3 Å². The molecule has 2 rings (SSSR count). The number of benzene rings is 1. The average Bonchev–Trinajstić information content (AvgIpc) is 2.55. The van der Waals surface area contributed by atoms with Crippen molar-refractivity contribution in [3.8, 4) is 0 Å². The Morgan fingerprint density at radius 2 is 2.00 bits per heavy atom. The van der Waals surface area contributed by atoms with E-state index in [0.29, 0.717) is 5.41 Å². The maximum absolute atomic E-state index is 2.44. The van der Waals surface area contributed by atoms with Crippen LogP contribution in [0.25, 0.3) is 0 Å². The molecular formula is C17H27N. The molecule has 0 aliphatic carbocycles. The van der Waals surface area contributed by atoms with Crippen molar-refractivity contribution in [3.05, 3.63) is 29.8 Å². The van der Waals surface area contributed by atoms with Crippen molar-refractivity contribution in [2.75, 3.05) is 18.5 Å². The van der Waals surface area contributed by atoms with E-state index >= 15 is 0 Å². The fraction of sp³-hybridized carbons (Fsp3) is 0.647. The molecule has 100 valence electrons. The molecule has 0 N–H and O–H groups in total. The number of anilines is 1. The molecule has 1 nitrogen and oxygen atoms in total. The summed E-state index contributed by atoms with van der Waals surface area (Å²) in [5.41, 5.74) is 3.54. The Morgan fingerprint density at radius 3 is 2.72 bits per heavy atom. The number of nitrogens with zero attached hydrogens (tertiary/aromatic N) is 1. The largest absolute Gasteiger partial charge is 0.374 e. The summed E-state index contributed by atoms with van der Waals surface area (Å²) in [5.74, 6) is 0. The van der Waals surface area contributed by atoms with Gasteiger partial charge in [0.15, 0.2) is 0 Å². The van der Waals surface area contributed by atoms with Gasteiger partial charge in [0, 0.05) is 19.3 Å². The van der Waals surface area contributed by atoms with Crippen LogP contribution in [-0.2, 0) is 6.42 Å². The molecule has 1 unspecified atom stereocenters. The van der Waals surface area contributed by atoms with Gasteiger partial charge >= 0.3 is 0 Å². The number of hydrogen-bond acceptors (Lipinski definition) is 1. The summed E-state index contributed by atoms with van der Waals surface area (Å²) < 4.78 is 0. The fourth-order valence-electron chi connectivity index (χ4n) is 3.29. The standard InChI is InChI=1S/C17H27N/c1-4-6-11-17(5-2)12-13-18(3)16-10-8-7-9-15(16)14-17/h7-10H,4-6,11-14H2,1-3H3. The van der Waals surface area contributed by atoms with Crippen LogP contribution in [0.1, 0.15) is 51.5 Å². The lowest BCUT2D eigenvalue weighted by Gasteiger charge is -2.32. The molecule has 0 aromatic heterocycles. The van der Waals surface area contributed by atoms with E-state index < -0.39 is 0 Å². The predicted octanol–water partition coefficient (Wildman–Crippen LogP) is 4.66. The molecule has 1 heteroatoms. The van der Waals surface area contributed by atoms with Gasteiger partial charge in [-0.3, -0.25) is 0 Å². The number of unbranched alkanes of at least 4 members (excludes halogenated alkanes) is 1. The van der Waals surface area contributed by atoms with Crippen molar-refractivity contribution in [2.24, 2.45) is 5.41 Å². The highest BCUT2D eigenvalue weighted by Gasteiger charge is 2.31. The molecule has 1 heterocycles. The fourth-order valence-corrected chi connectivity index (χ4v) is 3.29. The highest BCUT2D eigenvalue weighted by atomic mass is 15.1. The summed E-state index contributed by atoms with van der Waals surface area (Å²) in [6.07, 6.45) is 8.01. The maximum atomic E-state index is 2.44. The summed E-state index contributed by atoms with van der Waals surface area (Å²) in [6.45, 7) is 5.89. The van der Waals surface area contributed by atoms with Gasteiger partial charge in [-0.2, -0.15) is 0 Å². The zero-order valence-electron chi connectivity index (χ0n) is 12.2. The minimum absolute atomic E-state index is 0.539. The molecule has 18 heavy (non-hydrogen) atoms. The number of hydrogen-bond donors (Lipinski definition) is 0. The van der Waals surface area contributed by atoms with Gasteiger partial charge in [-0.05, 0) is 36.3 Å². The van der Waals surface area contributed by atoms with Crippen LogP contribution >= 0.6 is 0 Å². The molecule has 1 aliphatic rings. The van der Waals surface area contributed by atoms with Crippen molar-refractivity contribution in [3.63, 3.8) is 0 Å². The van der Waals surface area contributed by atoms with Crippen LogP contribution in [0.4, 0.5) is 5.69 Å². The first kappa shape index (κ1) is 13.5. The van der Waals surface area contributed by atoms with Gasteiger partial charge < -0.3 is 4.90 Å². The van der Waals surface area contributed by atoms with E-state index in [0.717, 1.165) is 0 Å². The normalized spacial score (nSPS) is 23.6. The topological polar surface area (TPSA) is 3.24 Å². The van der Waals surface area contributed by atoms with Gasteiger partial charge in [0.05, 0.1) is 0 Å². The molecule has 0 saturated heterocycles. The van der Waals surface area contributed by atoms with Crippen molar-refractivity contribution in [1.29, 1.82) is 0 Å². The Hall–Kier alpha value is -0.980. The van der Waals surface area contributed by atoms with Crippen LogP contribution in [0, 0.1) is 5.41 Å². The second kappa shape index (κ2) is 5.77. The van der Waals surface area contributed by atoms with Gasteiger partial charge in [0.1, 0.15) is 0 Å². The Morgan fingerprint density at radius 1 is 1.22 bits per heavy atom. The third kappa shape index (κ3) is 2.71. The highest BCUT2D eigenvalue weighted by Crippen LogP contribution is 2.41. The Bertz CT molecular complexity index is 385. The second-order valence-corrected chi connectivity index (χ2v) is 5.93. The highest BCUT2D eigenvalue weighted by molar-refractivity contribution is 5.54. The average molecular weight is 245 g/mol. The number of para-hydroxylation sites is 1. The number of rotatable bonds is 4. The van der Waals surface area contributed by atoms with Crippen LogP contribution in [0.5, 0.6) is 0 Å². The Balaban J connectivity index is 2.27. The van der Waals surface area contributed by atoms with Crippen molar-refractivity contribution >= 4 is 5.69 Å². The van der Waals surface area contributed by atoms with E-state index in [1.165, 1.54) is 50.8 Å². The third-order valence-corrected chi connectivity index (χ3v) is 4.76. The molecule has 0 spiro atoms. The zero-order chi connectivity index (χ0) is 13.0. The SMILES string of the molecule is CCCCC1(CC)CCN(C)c2ccccc2C1. The van der Waals surface area contributed by atoms with Crippen LogP contribution in [0.3, 0.4) is 0 Å². The molecule has 1 aromatic carbocycles. The molecule has 0 bridgehead atoms. The minimum atomic E-state index is 0.539. The summed E-state index contributed by atoms with van der Waals surface area (Å²) in [7, 11) is 2.24. The zero-order valence-corrected chi connectivity index (χ0v) is 12.2. The predicted molar refractivity (Wildman–Crippen MR) is 80.3 cm³/mol. The third-order valence-electron chi connectivity index (χ3n) is 4.76. The first-order valence-corrected chi connectivity index (χ1v) is 7.50. The van der Waals surface area contributed by atoms with Crippen LogP contribution in [-0.4, -0.2) is 13.6 Å². The van der Waals surface area contributed by atoms with Crippen molar-refractivity contribution < 1.29 is 0 Å². The first-order valence-electron chi connectivity index (χ1n) is 7.50. The van der Waals surface area contributed by atoms with E-state index in [1.54, 1.807) is 5.56 Å².